The number of anilines is 2. The highest BCUT2D eigenvalue weighted by Gasteiger charge is 2.09. The van der Waals surface area contributed by atoms with Crippen molar-refractivity contribution in [3.63, 3.8) is 0 Å². The highest BCUT2D eigenvalue weighted by atomic mass is 14.9. The molecule has 0 bridgehead atoms. The predicted octanol–water partition coefficient (Wildman–Crippen LogP) is 4.16. The van der Waals surface area contributed by atoms with Gasteiger partial charge in [-0.25, -0.2) is 0 Å². The summed E-state index contributed by atoms with van der Waals surface area (Å²) in [4.78, 5) is 0. The second-order valence-electron chi connectivity index (χ2n) is 5.49. The van der Waals surface area contributed by atoms with E-state index >= 15 is 0 Å². The minimum absolute atomic E-state index is 0.583. The molecule has 0 unspecified atom stereocenters. The molecule has 2 aromatic carbocycles. The Hall–Kier alpha value is -1.80. The first-order chi connectivity index (χ1) is 9.22. The van der Waals surface area contributed by atoms with Crippen LogP contribution in [0.15, 0.2) is 42.5 Å². The van der Waals surface area contributed by atoms with Gasteiger partial charge in [0, 0.05) is 24.5 Å². The van der Waals surface area contributed by atoms with Crippen molar-refractivity contribution in [2.45, 2.75) is 32.9 Å². The highest BCUT2D eigenvalue weighted by Crippen LogP contribution is 2.24. The molecule has 0 atom stereocenters. The SMILES string of the molecule is CC(C)c1ccc(Nc2ccc3c(c2)CNC3)cc1. The molecular weight excluding hydrogens is 232 g/mol. The summed E-state index contributed by atoms with van der Waals surface area (Å²) in [6, 6.07) is 15.3. The summed E-state index contributed by atoms with van der Waals surface area (Å²) in [5, 5.41) is 6.84. The lowest BCUT2D eigenvalue weighted by atomic mass is 10.0. The van der Waals surface area contributed by atoms with Gasteiger partial charge in [-0.05, 0) is 46.9 Å². The number of benzene rings is 2. The summed E-state index contributed by atoms with van der Waals surface area (Å²) in [7, 11) is 0. The van der Waals surface area contributed by atoms with E-state index in [2.05, 4.69) is 66.9 Å². The highest BCUT2D eigenvalue weighted by molar-refractivity contribution is 5.61. The van der Waals surface area contributed by atoms with Crippen LogP contribution < -0.4 is 10.6 Å². The van der Waals surface area contributed by atoms with Crippen LogP contribution in [-0.4, -0.2) is 0 Å². The lowest BCUT2D eigenvalue weighted by molar-refractivity contribution is 0.765. The van der Waals surface area contributed by atoms with Gasteiger partial charge in [0.1, 0.15) is 0 Å². The first-order valence-corrected chi connectivity index (χ1v) is 6.92. The van der Waals surface area contributed by atoms with E-state index in [9.17, 15) is 0 Å². The van der Waals surface area contributed by atoms with Gasteiger partial charge in [0.15, 0.2) is 0 Å². The van der Waals surface area contributed by atoms with E-state index in [1.165, 1.54) is 22.4 Å². The van der Waals surface area contributed by atoms with Crippen LogP contribution in [0.3, 0.4) is 0 Å². The summed E-state index contributed by atoms with van der Waals surface area (Å²) in [6.07, 6.45) is 0. The fourth-order valence-corrected chi connectivity index (χ4v) is 2.49. The van der Waals surface area contributed by atoms with Crippen molar-refractivity contribution in [3.8, 4) is 0 Å². The van der Waals surface area contributed by atoms with Crippen LogP contribution in [0.25, 0.3) is 0 Å². The molecule has 1 aliphatic rings. The standard InChI is InChI=1S/C17H20N2/c1-12(2)13-3-6-16(7-4-13)19-17-8-5-14-10-18-11-15(14)9-17/h3-9,12,18-19H,10-11H2,1-2H3. The lowest BCUT2D eigenvalue weighted by Crippen LogP contribution is -1.99. The van der Waals surface area contributed by atoms with Crippen LogP contribution in [-0.2, 0) is 13.1 Å². The molecule has 0 spiro atoms. The van der Waals surface area contributed by atoms with Crippen molar-refractivity contribution < 1.29 is 0 Å². The van der Waals surface area contributed by atoms with Gasteiger partial charge in [0.2, 0.25) is 0 Å². The third-order valence-electron chi connectivity index (χ3n) is 3.70. The Kier molecular flexibility index (Phi) is 3.26. The molecule has 19 heavy (non-hydrogen) atoms. The van der Waals surface area contributed by atoms with Gasteiger partial charge in [-0.2, -0.15) is 0 Å². The van der Waals surface area contributed by atoms with Crippen LogP contribution in [0.4, 0.5) is 11.4 Å². The summed E-state index contributed by atoms with van der Waals surface area (Å²) in [5.74, 6) is 0.583. The molecule has 0 aliphatic carbocycles. The molecule has 1 aliphatic heterocycles. The number of hydrogen-bond acceptors (Lipinski definition) is 2. The van der Waals surface area contributed by atoms with Crippen molar-refractivity contribution in [1.29, 1.82) is 0 Å². The maximum Gasteiger partial charge on any atom is 0.0387 e. The zero-order valence-corrected chi connectivity index (χ0v) is 11.5. The summed E-state index contributed by atoms with van der Waals surface area (Å²) in [5.41, 5.74) is 6.52. The molecule has 0 amide bonds. The summed E-state index contributed by atoms with van der Waals surface area (Å²) >= 11 is 0. The van der Waals surface area contributed by atoms with Crippen molar-refractivity contribution in [3.05, 3.63) is 59.2 Å². The fraction of sp³-hybridized carbons (Fsp3) is 0.294. The predicted molar refractivity (Wildman–Crippen MR) is 80.8 cm³/mol. The van der Waals surface area contributed by atoms with Gasteiger partial charge >= 0.3 is 0 Å². The summed E-state index contributed by atoms with van der Waals surface area (Å²) < 4.78 is 0. The van der Waals surface area contributed by atoms with Gasteiger partial charge in [0.25, 0.3) is 0 Å². The smallest absolute Gasteiger partial charge is 0.0387 e. The van der Waals surface area contributed by atoms with Gasteiger partial charge in [-0.1, -0.05) is 32.0 Å². The van der Waals surface area contributed by atoms with Gasteiger partial charge in [-0.3, -0.25) is 0 Å². The van der Waals surface area contributed by atoms with E-state index in [0.717, 1.165) is 18.8 Å². The molecule has 1 heterocycles. The maximum absolute atomic E-state index is 3.47. The average Bonchev–Trinajstić information content (AvgIpc) is 2.87. The Bertz CT molecular complexity index is 570. The Balaban J connectivity index is 1.77. The molecule has 2 N–H and O–H groups in total. The van der Waals surface area contributed by atoms with Crippen molar-refractivity contribution in [2.24, 2.45) is 0 Å². The Morgan fingerprint density at radius 3 is 2.32 bits per heavy atom. The van der Waals surface area contributed by atoms with Crippen molar-refractivity contribution in [1.82, 2.24) is 5.32 Å². The average molecular weight is 252 g/mol. The zero-order valence-electron chi connectivity index (χ0n) is 11.5. The Morgan fingerprint density at radius 2 is 1.58 bits per heavy atom. The third-order valence-corrected chi connectivity index (χ3v) is 3.70. The van der Waals surface area contributed by atoms with E-state index in [0.29, 0.717) is 5.92 Å². The first-order valence-electron chi connectivity index (χ1n) is 6.92. The maximum atomic E-state index is 3.47. The van der Waals surface area contributed by atoms with E-state index in [4.69, 9.17) is 0 Å². The molecule has 3 rings (SSSR count). The summed E-state index contributed by atoms with van der Waals surface area (Å²) in [6.45, 7) is 6.42. The van der Waals surface area contributed by atoms with Crippen LogP contribution in [0, 0.1) is 0 Å². The molecule has 2 nitrogen and oxygen atoms in total. The molecule has 2 aromatic rings. The molecule has 0 radical (unpaired) electrons. The molecule has 0 fully saturated rings. The number of rotatable bonds is 3. The van der Waals surface area contributed by atoms with E-state index in [-0.39, 0.29) is 0 Å². The molecular formula is C17H20N2. The lowest BCUT2D eigenvalue weighted by Gasteiger charge is -2.10. The van der Waals surface area contributed by atoms with Gasteiger partial charge in [-0.15, -0.1) is 0 Å². The van der Waals surface area contributed by atoms with Crippen LogP contribution in [0.2, 0.25) is 0 Å². The second kappa shape index (κ2) is 5.06. The third kappa shape index (κ3) is 2.64. The zero-order chi connectivity index (χ0) is 13.2. The Morgan fingerprint density at radius 1 is 0.895 bits per heavy atom. The number of fused-ring (bicyclic) bond motifs is 1. The van der Waals surface area contributed by atoms with Crippen LogP contribution in [0.1, 0.15) is 36.5 Å². The van der Waals surface area contributed by atoms with Crippen LogP contribution >= 0.6 is 0 Å². The van der Waals surface area contributed by atoms with Gasteiger partial charge < -0.3 is 10.6 Å². The second-order valence-corrected chi connectivity index (χ2v) is 5.49. The van der Waals surface area contributed by atoms with Crippen molar-refractivity contribution in [2.75, 3.05) is 5.32 Å². The van der Waals surface area contributed by atoms with Crippen LogP contribution in [0.5, 0.6) is 0 Å². The van der Waals surface area contributed by atoms with E-state index < -0.39 is 0 Å². The van der Waals surface area contributed by atoms with E-state index in [1.54, 1.807) is 0 Å². The van der Waals surface area contributed by atoms with Gasteiger partial charge in [0.05, 0.1) is 0 Å². The normalized spacial score (nSPS) is 13.6. The molecule has 98 valence electrons. The topological polar surface area (TPSA) is 24.1 Å². The monoisotopic (exact) mass is 252 g/mol. The quantitative estimate of drug-likeness (QED) is 0.857. The van der Waals surface area contributed by atoms with E-state index in [1.807, 2.05) is 0 Å². The fourth-order valence-electron chi connectivity index (χ4n) is 2.49. The molecule has 0 saturated carbocycles. The largest absolute Gasteiger partial charge is 0.356 e. The number of hydrogen-bond donors (Lipinski definition) is 2. The molecule has 2 heteroatoms. The minimum Gasteiger partial charge on any atom is -0.356 e. The molecule has 0 aromatic heterocycles. The number of nitrogens with one attached hydrogen (secondary N) is 2. The molecule has 0 saturated heterocycles. The Labute approximate surface area is 114 Å². The minimum atomic E-state index is 0.583. The first kappa shape index (κ1) is 12.2. The van der Waals surface area contributed by atoms with Crippen molar-refractivity contribution >= 4 is 11.4 Å².